The van der Waals surface area contributed by atoms with Crippen molar-refractivity contribution in [3.8, 4) is 11.1 Å². The topological polar surface area (TPSA) is 95.9 Å². The zero-order valence-corrected chi connectivity index (χ0v) is 20.2. The molecule has 4 rings (SSSR count). The highest BCUT2D eigenvalue weighted by Gasteiger charge is 2.30. The van der Waals surface area contributed by atoms with E-state index in [4.69, 9.17) is 9.84 Å². The number of alkyl carbamates (subject to hydrolysis) is 1. The van der Waals surface area contributed by atoms with Gasteiger partial charge in [0, 0.05) is 37.4 Å². The highest BCUT2D eigenvalue weighted by Crippen LogP contribution is 2.44. The van der Waals surface area contributed by atoms with E-state index in [9.17, 15) is 14.4 Å². The van der Waals surface area contributed by atoms with Crippen LogP contribution < -0.4 is 5.32 Å². The predicted octanol–water partition coefficient (Wildman–Crippen LogP) is 4.94. The zero-order valence-electron chi connectivity index (χ0n) is 20.2. The van der Waals surface area contributed by atoms with Crippen molar-refractivity contribution >= 4 is 18.0 Å². The van der Waals surface area contributed by atoms with Crippen LogP contribution in [-0.4, -0.2) is 53.2 Å². The van der Waals surface area contributed by atoms with Crippen LogP contribution >= 0.6 is 0 Å². The minimum Gasteiger partial charge on any atom is -0.481 e. The number of ether oxygens (including phenoxy) is 1. The van der Waals surface area contributed by atoms with Crippen molar-refractivity contribution in [3.63, 3.8) is 0 Å². The first-order valence-electron chi connectivity index (χ1n) is 12.6. The normalized spacial score (nSPS) is 17.5. The molecule has 2 amide bonds. The van der Waals surface area contributed by atoms with Crippen LogP contribution in [0.3, 0.4) is 0 Å². The number of nitrogens with one attached hydrogen (secondary N) is 1. The van der Waals surface area contributed by atoms with Gasteiger partial charge in [-0.05, 0) is 54.4 Å². The van der Waals surface area contributed by atoms with E-state index < -0.39 is 12.1 Å². The van der Waals surface area contributed by atoms with E-state index in [0.29, 0.717) is 32.2 Å². The van der Waals surface area contributed by atoms with E-state index in [1.54, 1.807) is 0 Å². The maximum absolute atomic E-state index is 12.8. The molecular formula is C28H34N2O5. The molecule has 1 aliphatic heterocycles. The molecule has 186 valence electrons. The number of rotatable bonds is 10. The van der Waals surface area contributed by atoms with Gasteiger partial charge in [0.15, 0.2) is 0 Å². The number of carbonyl (C=O) groups is 3. The maximum atomic E-state index is 12.8. The Morgan fingerprint density at radius 3 is 2.34 bits per heavy atom. The molecule has 0 saturated carbocycles. The Kier molecular flexibility index (Phi) is 8.06. The van der Waals surface area contributed by atoms with Crippen molar-refractivity contribution in [1.82, 2.24) is 10.2 Å². The SMILES string of the molecule is CCC(CCC(=O)N1CCCC1CCC(=O)O)NC(=O)OCC1c2ccccc2-c2ccccc21. The molecular weight excluding hydrogens is 444 g/mol. The lowest BCUT2D eigenvalue weighted by atomic mass is 9.98. The van der Waals surface area contributed by atoms with Gasteiger partial charge in [0.2, 0.25) is 5.91 Å². The van der Waals surface area contributed by atoms with Crippen LogP contribution in [0.1, 0.15) is 68.9 Å². The van der Waals surface area contributed by atoms with Gasteiger partial charge in [-0.25, -0.2) is 4.79 Å². The van der Waals surface area contributed by atoms with Crippen LogP contribution in [0.2, 0.25) is 0 Å². The quantitative estimate of drug-likeness (QED) is 0.504. The molecule has 1 aliphatic carbocycles. The number of benzene rings is 2. The van der Waals surface area contributed by atoms with Gasteiger partial charge in [-0.2, -0.15) is 0 Å². The molecule has 1 saturated heterocycles. The molecule has 7 nitrogen and oxygen atoms in total. The largest absolute Gasteiger partial charge is 0.481 e. The number of carboxylic acid groups (broad SMARTS) is 1. The Balaban J connectivity index is 1.27. The summed E-state index contributed by atoms with van der Waals surface area (Å²) in [4.78, 5) is 38.1. The van der Waals surface area contributed by atoms with Gasteiger partial charge in [-0.15, -0.1) is 0 Å². The maximum Gasteiger partial charge on any atom is 0.407 e. The monoisotopic (exact) mass is 478 g/mol. The Bertz CT molecular complexity index is 1020. The highest BCUT2D eigenvalue weighted by molar-refractivity contribution is 5.79. The fourth-order valence-electron chi connectivity index (χ4n) is 5.38. The van der Waals surface area contributed by atoms with Crippen molar-refractivity contribution < 1.29 is 24.2 Å². The molecule has 2 aromatic carbocycles. The smallest absolute Gasteiger partial charge is 0.407 e. The Morgan fingerprint density at radius 1 is 1.06 bits per heavy atom. The molecule has 2 aromatic rings. The molecule has 0 radical (unpaired) electrons. The summed E-state index contributed by atoms with van der Waals surface area (Å²) in [7, 11) is 0. The van der Waals surface area contributed by atoms with Gasteiger partial charge in [0.05, 0.1) is 0 Å². The third-order valence-electron chi connectivity index (χ3n) is 7.25. The van der Waals surface area contributed by atoms with Crippen LogP contribution in [0.4, 0.5) is 4.79 Å². The summed E-state index contributed by atoms with van der Waals surface area (Å²) in [6, 6.07) is 16.3. The molecule has 7 heteroatoms. The summed E-state index contributed by atoms with van der Waals surface area (Å²) in [5, 5.41) is 11.9. The number of likely N-dealkylation sites (tertiary alicyclic amines) is 1. The fourth-order valence-corrected chi connectivity index (χ4v) is 5.38. The van der Waals surface area contributed by atoms with Crippen LogP contribution in [-0.2, 0) is 14.3 Å². The van der Waals surface area contributed by atoms with Crippen molar-refractivity contribution in [2.75, 3.05) is 13.2 Å². The molecule has 2 atom stereocenters. The van der Waals surface area contributed by atoms with Crippen molar-refractivity contribution in [2.24, 2.45) is 0 Å². The van der Waals surface area contributed by atoms with E-state index in [2.05, 4.69) is 29.6 Å². The first-order valence-corrected chi connectivity index (χ1v) is 12.6. The lowest BCUT2D eigenvalue weighted by molar-refractivity contribution is -0.138. The summed E-state index contributed by atoms with van der Waals surface area (Å²) in [5.41, 5.74) is 4.71. The van der Waals surface area contributed by atoms with Gasteiger partial charge in [0.25, 0.3) is 0 Å². The number of carbonyl (C=O) groups excluding carboxylic acids is 2. The average Bonchev–Trinajstić information content (AvgIpc) is 3.46. The summed E-state index contributed by atoms with van der Waals surface area (Å²) in [6.07, 6.45) is 3.42. The standard InChI is InChI=1S/C28H34N2O5/c1-2-19(13-15-26(31)30-17-7-8-20(30)14-16-27(32)33)29-28(34)35-18-25-23-11-5-3-9-21(23)22-10-4-6-12-24(22)25/h3-6,9-12,19-20,25H,2,7-8,13-18H2,1H3,(H,29,34)(H,32,33). The predicted molar refractivity (Wildman–Crippen MR) is 133 cm³/mol. The first-order chi connectivity index (χ1) is 17.0. The molecule has 2 aliphatic rings. The van der Waals surface area contributed by atoms with E-state index in [1.807, 2.05) is 36.1 Å². The number of nitrogens with zero attached hydrogens (tertiary/aromatic N) is 1. The molecule has 35 heavy (non-hydrogen) atoms. The second kappa shape index (κ2) is 11.4. The summed E-state index contributed by atoms with van der Waals surface area (Å²) < 4.78 is 5.65. The van der Waals surface area contributed by atoms with Crippen LogP contribution in [0.5, 0.6) is 0 Å². The van der Waals surface area contributed by atoms with Gasteiger partial charge in [-0.3, -0.25) is 9.59 Å². The van der Waals surface area contributed by atoms with E-state index in [1.165, 1.54) is 22.3 Å². The molecule has 1 fully saturated rings. The van der Waals surface area contributed by atoms with Crippen LogP contribution in [0.15, 0.2) is 48.5 Å². The molecule has 0 bridgehead atoms. The van der Waals surface area contributed by atoms with E-state index >= 15 is 0 Å². The Hall–Kier alpha value is -3.35. The fraction of sp³-hybridized carbons (Fsp3) is 0.464. The van der Waals surface area contributed by atoms with Gasteiger partial charge >= 0.3 is 12.1 Å². The van der Waals surface area contributed by atoms with Crippen molar-refractivity contribution in [1.29, 1.82) is 0 Å². The first kappa shape index (κ1) is 24.8. The number of carboxylic acids is 1. The number of fused-ring (bicyclic) bond motifs is 3. The lowest BCUT2D eigenvalue weighted by Crippen LogP contribution is -2.39. The Morgan fingerprint density at radius 2 is 1.71 bits per heavy atom. The summed E-state index contributed by atoms with van der Waals surface area (Å²) in [6.45, 7) is 2.92. The molecule has 2 N–H and O–H groups in total. The Labute approximate surface area is 206 Å². The third-order valence-corrected chi connectivity index (χ3v) is 7.25. The summed E-state index contributed by atoms with van der Waals surface area (Å²) in [5.74, 6) is -0.791. The third kappa shape index (κ3) is 5.84. The number of aliphatic carboxylic acids is 1. The molecule has 0 spiro atoms. The average molecular weight is 479 g/mol. The van der Waals surface area contributed by atoms with Crippen LogP contribution in [0, 0.1) is 0 Å². The van der Waals surface area contributed by atoms with Crippen molar-refractivity contribution in [2.45, 2.75) is 69.9 Å². The molecule has 1 heterocycles. The van der Waals surface area contributed by atoms with Gasteiger partial charge in [-0.1, -0.05) is 55.5 Å². The second-order valence-electron chi connectivity index (χ2n) is 9.43. The molecule has 0 aromatic heterocycles. The van der Waals surface area contributed by atoms with Crippen molar-refractivity contribution in [3.05, 3.63) is 59.7 Å². The minimum atomic E-state index is -0.831. The minimum absolute atomic E-state index is 0.00714. The van der Waals surface area contributed by atoms with E-state index in [-0.39, 0.29) is 36.9 Å². The van der Waals surface area contributed by atoms with Gasteiger partial charge in [0.1, 0.15) is 6.61 Å². The number of hydrogen-bond donors (Lipinski definition) is 2. The number of amides is 2. The summed E-state index contributed by atoms with van der Waals surface area (Å²) >= 11 is 0. The molecule has 2 unspecified atom stereocenters. The van der Waals surface area contributed by atoms with Crippen LogP contribution in [0.25, 0.3) is 11.1 Å². The van der Waals surface area contributed by atoms with Gasteiger partial charge < -0.3 is 20.1 Å². The zero-order chi connectivity index (χ0) is 24.8. The number of hydrogen-bond acceptors (Lipinski definition) is 4. The van der Waals surface area contributed by atoms with E-state index in [0.717, 1.165) is 12.8 Å². The second-order valence-corrected chi connectivity index (χ2v) is 9.43. The lowest BCUT2D eigenvalue weighted by Gasteiger charge is -2.25. The highest BCUT2D eigenvalue weighted by atomic mass is 16.5.